The van der Waals surface area contributed by atoms with Gasteiger partial charge in [0.2, 0.25) is 0 Å². The second kappa shape index (κ2) is 11.8. The van der Waals surface area contributed by atoms with Gasteiger partial charge in [0.1, 0.15) is 0 Å². The Morgan fingerprint density at radius 2 is 1.74 bits per heavy atom. The SMILES string of the molecule is CC(C)CCOc1nc(-c2ccccc2)nc(Cl)c1CC(=O)[O][Ti]([C]1=CC=CC1)[C]1=CC=CC1. The van der Waals surface area contributed by atoms with E-state index in [0.29, 0.717) is 29.8 Å². The van der Waals surface area contributed by atoms with Crippen LogP contribution >= 0.6 is 11.6 Å². The van der Waals surface area contributed by atoms with Crippen molar-refractivity contribution in [3.63, 3.8) is 0 Å². The van der Waals surface area contributed by atoms with Gasteiger partial charge in [0.15, 0.2) is 0 Å². The van der Waals surface area contributed by atoms with Crippen LogP contribution < -0.4 is 4.74 Å². The summed E-state index contributed by atoms with van der Waals surface area (Å²) in [6.45, 7) is 4.75. The third-order valence-corrected chi connectivity index (χ3v) is 9.51. The van der Waals surface area contributed by atoms with E-state index in [0.717, 1.165) is 24.8 Å². The number of carbonyl (C=O) groups is 1. The standard InChI is InChI=1S/C17H19ClN2O3.2C5H5.Ti/c1-11(2)8-9-23-17-13(10-14(21)22)15(18)19-16(20-17)12-6-4-3-5-7-12;2*1-2-4-5-3-1;/h3-7,11H,8-10H2,1-2H3,(H,21,22);2*1-3H,4H2;/q;;;+1/p-1. The average Bonchev–Trinajstić information content (AvgIpc) is 3.54. The van der Waals surface area contributed by atoms with E-state index in [9.17, 15) is 4.79 Å². The van der Waals surface area contributed by atoms with Gasteiger partial charge < -0.3 is 0 Å². The third-order valence-electron chi connectivity index (χ3n) is 5.55. The van der Waals surface area contributed by atoms with Gasteiger partial charge in [-0.15, -0.1) is 0 Å². The molecule has 0 unspecified atom stereocenters. The van der Waals surface area contributed by atoms with Gasteiger partial charge in [-0.2, -0.15) is 0 Å². The molecule has 1 aromatic carbocycles. The molecule has 7 heteroatoms. The van der Waals surface area contributed by atoms with Crippen molar-refractivity contribution < 1.29 is 31.1 Å². The van der Waals surface area contributed by atoms with Crippen molar-refractivity contribution in [1.29, 1.82) is 0 Å². The Morgan fingerprint density at radius 3 is 2.32 bits per heavy atom. The molecule has 0 aliphatic heterocycles. The molecule has 0 saturated carbocycles. The molecule has 34 heavy (non-hydrogen) atoms. The fourth-order valence-corrected chi connectivity index (χ4v) is 7.15. The second-order valence-electron chi connectivity index (χ2n) is 8.65. The van der Waals surface area contributed by atoms with Crippen molar-refractivity contribution in [3.05, 3.63) is 85.3 Å². The summed E-state index contributed by atoms with van der Waals surface area (Å²) in [7, 11) is 0. The summed E-state index contributed by atoms with van der Waals surface area (Å²) < 4.78 is 14.6. The summed E-state index contributed by atoms with van der Waals surface area (Å²) in [6, 6.07) is 9.61. The molecule has 2 aromatic rings. The van der Waals surface area contributed by atoms with Crippen molar-refractivity contribution >= 4 is 17.6 Å². The number of carbonyl (C=O) groups excluding carboxylic acids is 1. The number of nitrogens with zero attached hydrogens (tertiary/aromatic N) is 2. The third kappa shape index (κ3) is 6.35. The Bertz CT molecular complexity index is 1130. The average molecular weight is 512 g/mol. The van der Waals surface area contributed by atoms with Crippen LogP contribution in [0.3, 0.4) is 0 Å². The molecule has 0 bridgehead atoms. The fourth-order valence-electron chi connectivity index (χ4n) is 3.68. The zero-order chi connectivity index (χ0) is 23.9. The topological polar surface area (TPSA) is 61.3 Å². The Morgan fingerprint density at radius 1 is 1.06 bits per heavy atom. The van der Waals surface area contributed by atoms with Gasteiger partial charge in [-0.05, 0) is 0 Å². The van der Waals surface area contributed by atoms with Crippen LogP contribution in [0.4, 0.5) is 0 Å². The van der Waals surface area contributed by atoms with E-state index < -0.39 is 18.3 Å². The molecule has 4 rings (SSSR count). The van der Waals surface area contributed by atoms with Crippen LogP contribution in [0, 0.1) is 5.92 Å². The van der Waals surface area contributed by atoms with E-state index in [1.54, 1.807) is 0 Å². The van der Waals surface area contributed by atoms with Gasteiger partial charge in [0.25, 0.3) is 0 Å². The van der Waals surface area contributed by atoms with Gasteiger partial charge in [0, 0.05) is 0 Å². The predicted molar refractivity (Wildman–Crippen MR) is 131 cm³/mol. The van der Waals surface area contributed by atoms with E-state index in [-0.39, 0.29) is 17.5 Å². The summed E-state index contributed by atoms with van der Waals surface area (Å²) >= 11 is 4.22. The van der Waals surface area contributed by atoms with Crippen molar-refractivity contribution in [2.24, 2.45) is 5.92 Å². The molecule has 175 valence electrons. The van der Waals surface area contributed by atoms with E-state index in [1.807, 2.05) is 42.5 Å². The van der Waals surface area contributed by atoms with Crippen molar-refractivity contribution in [2.75, 3.05) is 6.61 Å². The zero-order valence-electron chi connectivity index (χ0n) is 19.5. The Hall–Kier alpha value is -2.47. The molecular formula is C27H28ClN2O3Ti. The monoisotopic (exact) mass is 511 g/mol. The van der Waals surface area contributed by atoms with Crippen LogP contribution in [-0.4, -0.2) is 22.5 Å². The normalized spacial score (nSPS) is 14.4. The first-order chi connectivity index (χ1) is 16.5. The van der Waals surface area contributed by atoms with Crippen LogP contribution in [0.2, 0.25) is 5.15 Å². The van der Waals surface area contributed by atoms with Gasteiger partial charge >= 0.3 is 213 Å². The molecule has 2 aliphatic rings. The number of aromatic nitrogens is 2. The molecule has 5 nitrogen and oxygen atoms in total. The van der Waals surface area contributed by atoms with Crippen LogP contribution in [0.25, 0.3) is 11.4 Å². The zero-order valence-corrected chi connectivity index (χ0v) is 21.8. The molecule has 2 aliphatic carbocycles. The van der Waals surface area contributed by atoms with Crippen LogP contribution in [-0.2, 0) is 32.8 Å². The second-order valence-corrected chi connectivity index (χ2v) is 12.4. The van der Waals surface area contributed by atoms with Crippen LogP contribution in [0.5, 0.6) is 5.88 Å². The van der Waals surface area contributed by atoms with Crippen molar-refractivity contribution in [2.45, 2.75) is 39.5 Å². The Kier molecular flexibility index (Phi) is 8.55. The molecule has 1 heterocycles. The van der Waals surface area contributed by atoms with E-state index in [4.69, 9.17) is 19.7 Å². The molecule has 0 fully saturated rings. The number of hydrogen-bond donors (Lipinski definition) is 0. The van der Waals surface area contributed by atoms with E-state index >= 15 is 0 Å². The number of allylic oxidation sites excluding steroid dienone is 8. The summed E-state index contributed by atoms with van der Waals surface area (Å²) in [4.78, 5) is 22.2. The number of benzene rings is 1. The van der Waals surface area contributed by atoms with Gasteiger partial charge in [-0.25, -0.2) is 0 Å². The quantitative estimate of drug-likeness (QED) is 0.268. The van der Waals surface area contributed by atoms with Crippen LogP contribution in [0.1, 0.15) is 38.7 Å². The minimum atomic E-state index is -2.37. The maximum absolute atomic E-state index is 13.1. The molecule has 0 amide bonds. The molecule has 0 radical (unpaired) electrons. The summed E-state index contributed by atoms with van der Waals surface area (Å²) in [5.41, 5.74) is 1.31. The Balaban J connectivity index is 1.57. The molecule has 0 spiro atoms. The van der Waals surface area contributed by atoms with Crippen molar-refractivity contribution in [1.82, 2.24) is 9.97 Å². The fraction of sp³-hybridized carbons (Fsp3) is 0.296. The molecule has 0 atom stereocenters. The first-order valence-corrected chi connectivity index (χ1v) is 14.1. The molecule has 0 saturated heterocycles. The summed E-state index contributed by atoms with van der Waals surface area (Å²) in [5.74, 6) is 0.985. The maximum atomic E-state index is 13.1. The number of ether oxygens (including phenoxy) is 1. The number of halogens is 1. The summed E-state index contributed by atoms with van der Waals surface area (Å²) in [6.07, 6.45) is 15.0. The van der Waals surface area contributed by atoms with Gasteiger partial charge in [-0.3, -0.25) is 0 Å². The molecule has 0 N–H and O–H groups in total. The van der Waals surface area contributed by atoms with E-state index in [1.165, 1.54) is 7.76 Å². The molecule has 1 aromatic heterocycles. The van der Waals surface area contributed by atoms with E-state index in [2.05, 4.69) is 48.1 Å². The van der Waals surface area contributed by atoms with Gasteiger partial charge in [-0.1, -0.05) is 0 Å². The predicted octanol–water partition coefficient (Wildman–Crippen LogP) is 6.53. The van der Waals surface area contributed by atoms with Gasteiger partial charge in [0.05, 0.1) is 0 Å². The Labute approximate surface area is 212 Å². The number of rotatable bonds is 10. The first-order valence-electron chi connectivity index (χ1n) is 11.6. The molecular weight excluding hydrogens is 484 g/mol. The van der Waals surface area contributed by atoms with Crippen LogP contribution in [0.15, 0.2) is 74.5 Å². The summed E-state index contributed by atoms with van der Waals surface area (Å²) in [5, 5.41) is 0.218. The minimum absolute atomic E-state index is 0.0250. The number of hydrogen-bond acceptors (Lipinski definition) is 5. The first kappa shape index (κ1) is 24.7. The van der Waals surface area contributed by atoms with Crippen molar-refractivity contribution in [3.8, 4) is 17.3 Å².